The molecule has 1 amide bonds. The summed E-state index contributed by atoms with van der Waals surface area (Å²) in [7, 11) is -3.93. The topological polar surface area (TPSA) is 116 Å². The van der Waals surface area contributed by atoms with Crippen LogP contribution >= 0.6 is 0 Å². The van der Waals surface area contributed by atoms with Crippen molar-refractivity contribution in [1.29, 1.82) is 0 Å². The van der Waals surface area contributed by atoms with Crippen LogP contribution < -0.4 is 10.1 Å². The molecule has 3 aromatic rings. The van der Waals surface area contributed by atoms with Crippen LogP contribution in [0.2, 0.25) is 0 Å². The van der Waals surface area contributed by atoms with Gasteiger partial charge in [-0.15, -0.1) is 0 Å². The molecule has 40 heavy (non-hydrogen) atoms. The van der Waals surface area contributed by atoms with E-state index in [1.54, 1.807) is 12.1 Å². The Balaban J connectivity index is 1.41. The van der Waals surface area contributed by atoms with Crippen molar-refractivity contribution in [3.05, 3.63) is 83.4 Å². The number of aliphatic hydroxyl groups excluding tert-OH is 1. The number of carbonyl (C=O) groups is 1. The van der Waals surface area contributed by atoms with Crippen molar-refractivity contribution in [2.75, 3.05) is 32.8 Å². The number of phenolic OH excluding ortho intramolecular Hbond substituents is 1. The fourth-order valence-electron chi connectivity index (χ4n) is 5.18. The molecule has 0 radical (unpaired) electrons. The number of para-hydroxylation sites is 1. The minimum atomic E-state index is -3.93. The number of nitrogens with one attached hydrogen (secondary N) is 1. The van der Waals surface area contributed by atoms with E-state index in [2.05, 4.69) is 36.5 Å². The van der Waals surface area contributed by atoms with Crippen LogP contribution in [0.5, 0.6) is 11.5 Å². The van der Waals surface area contributed by atoms with Crippen LogP contribution in [-0.4, -0.2) is 66.4 Å². The summed E-state index contributed by atoms with van der Waals surface area (Å²) < 4.78 is 32.6. The van der Waals surface area contributed by atoms with E-state index in [1.807, 2.05) is 25.1 Å². The summed E-state index contributed by atoms with van der Waals surface area (Å²) in [6, 6.07) is 20.5. The first kappa shape index (κ1) is 29.6. The average molecular weight is 567 g/mol. The van der Waals surface area contributed by atoms with Gasteiger partial charge in [0.1, 0.15) is 16.2 Å². The number of aliphatic hydroxyl groups is 1. The van der Waals surface area contributed by atoms with Gasteiger partial charge in [-0.25, -0.2) is 12.7 Å². The Labute approximate surface area is 236 Å². The number of phenols is 1. The van der Waals surface area contributed by atoms with Gasteiger partial charge < -0.3 is 20.3 Å². The normalized spacial score (nSPS) is 16.3. The first-order valence-electron chi connectivity index (χ1n) is 13.6. The Morgan fingerprint density at radius 3 is 2.45 bits per heavy atom. The first-order chi connectivity index (χ1) is 19.1. The molecule has 0 aromatic heterocycles. The van der Waals surface area contributed by atoms with Crippen molar-refractivity contribution in [2.45, 2.75) is 44.3 Å². The SMILES string of the molecule is CCOc1cccc(-c2ccc(C3CCN(S(=O)(=O)C(C)(CO)CNC(=O)c4ccccc4O)CC3)cc2C)c1. The molecule has 0 spiro atoms. The lowest BCUT2D eigenvalue weighted by Crippen LogP contribution is -2.56. The number of benzene rings is 3. The van der Waals surface area contributed by atoms with Crippen LogP contribution in [0.4, 0.5) is 0 Å². The number of hydrogen-bond acceptors (Lipinski definition) is 6. The van der Waals surface area contributed by atoms with Gasteiger partial charge in [0.2, 0.25) is 10.0 Å². The van der Waals surface area contributed by atoms with E-state index in [-0.39, 0.29) is 23.8 Å². The molecule has 1 atom stereocenters. The van der Waals surface area contributed by atoms with E-state index in [0.717, 1.165) is 22.4 Å². The summed E-state index contributed by atoms with van der Waals surface area (Å²) in [6.07, 6.45) is 1.31. The van der Waals surface area contributed by atoms with Crippen molar-refractivity contribution in [3.8, 4) is 22.6 Å². The molecule has 3 N–H and O–H groups in total. The van der Waals surface area contributed by atoms with Crippen LogP contribution in [0.1, 0.15) is 54.1 Å². The molecule has 1 saturated heterocycles. The summed E-state index contributed by atoms with van der Waals surface area (Å²) in [5, 5.41) is 22.6. The van der Waals surface area contributed by atoms with Crippen LogP contribution in [0, 0.1) is 6.92 Å². The highest BCUT2D eigenvalue weighted by Crippen LogP contribution is 2.35. The van der Waals surface area contributed by atoms with Gasteiger partial charge in [-0.05, 0) is 86.1 Å². The third kappa shape index (κ3) is 6.16. The maximum Gasteiger partial charge on any atom is 0.255 e. The largest absolute Gasteiger partial charge is 0.507 e. The molecule has 1 fully saturated rings. The second kappa shape index (κ2) is 12.4. The van der Waals surface area contributed by atoms with Crippen molar-refractivity contribution in [3.63, 3.8) is 0 Å². The Kier molecular flexibility index (Phi) is 9.18. The van der Waals surface area contributed by atoms with E-state index in [4.69, 9.17) is 4.74 Å². The molecule has 214 valence electrons. The number of amides is 1. The highest BCUT2D eigenvalue weighted by Gasteiger charge is 2.44. The fourth-order valence-corrected chi connectivity index (χ4v) is 6.92. The van der Waals surface area contributed by atoms with Gasteiger partial charge in [0.25, 0.3) is 5.91 Å². The third-order valence-corrected chi connectivity index (χ3v) is 10.3. The number of hydrogen-bond donors (Lipinski definition) is 3. The van der Waals surface area contributed by atoms with E-state index >= 15 is 0 Å². The summed E-state index contributed by atoms with van der Waals surface area (Å²) in [6.45, 7) is 5.81. The van der Waals surface area contributed by atoms with E-state index in [9.17, 15) is 23.4 Å². The molecule has 0 bridgehead atoms. The van der Waals surface area contributed by atoms with Crippen molar-refractivity contribution in [1.82, 2.24) is 9.62 Å². The number of carbonyl (C=O) groups excluding carboxylic acids is 1. The number of sulfonamides is 1. The zero-order valence-corrected chi connectivity index (χ0v) is 24.1. The lowest BCUT2D eigenvalue weighted by molar-refractivity contribution is 0.0942. The number of ether oxygens (including phenoxy) is 1. The van der Waals surface area contributed by atoms with Gasteiger partial charge in [-0.1, -0.05) is 42.5 Å². The Hall–Kier alpha value is -3.40. The first-order valence-corrected chi connectivity index (χ1v) is 15.0. The Morgan fingerprint density at radius 1 is 1.07 bits per heavy atom. The number of aromatic hydroxyl groups is 1. The van der Waals surface area contributed by atoms with Gasteiger partial charge in [0, 0.05) is 19.6 Å². The van der Waals surface area contributed by atoms with Crippen molar-refractivity contribution < 1.29 is 28.2 Å². The molecule has 9 heteroatoms. The quantitative estimate of drug-likeness (QED) is 0.334. The summed E-state index contributed by atoms with van der Waals surface area (Å²) in [4.78, 5) is 12.6. The Bertz CT molecular complexity index is 1450. The number of piperidine rings is 1. The second-order valence-corrected chi connectivity index (χ2v) is 13.0. The number of rotatable bonds is 10. The molecule has 4 rings (SSSR count). The zero-order chi connectivity index (χ0) is 28.9. The molecule has 1 heterocycles. The summed E-state index contributed by atoms with van der Waals surface area (Å²) in [5.74, 6) is 0.257. The Morgan fingerprint density at radius 2 is 1.80 bits per heavy atom. The van der Waals surface area contributed by atoms with Gasteiger partial charge in [0.15, 0.2) is 0 Å². The predicted molar refractivity (Wildman–Crippen MR) is 156 cm³/mol. The van der Waals surface area contributed by atoms with Crippen molar-refractivity contribution >= 4 is 15.9 Å². The maximum atomic E-state index is 13.6. The minimum absolute atomic E-state index is 0.0457. The van der Waals surface area contributed by atoms with Crippen LogP contribution in [0.15, 0.2) is 66.7 Å². The maximum absolute atomic E-state index is 13.6. The molecule has 1 aliphatic rings. The molecule has 1 aliphatic heterocycles. The van der Waals surface area contributed by atoms with Crippen LogP contribution in [0.25, 0.3) is 11.1 Å². The van der Waals surface area contributed by atoms with Gasteiger partial charge in [-0.2, -0.15) is 0 Å². The standard InChI is InChI=1S/C31H38N2O6S/c1-4-39-26-9-7-8-25(19-26)27-13-12-24(18-22(27)2)23-14-16-33(17-15-23)40(37,38)31(3,21-34)20-32-30(36)28-10-5-6-11-29(28)35/h5-13,18-19,23,34-35H,4,14-17,20-21H2,1-3H3,(H,32,36). The molecule has 0 saturated carbocycles. The number of nitrogens with zero attached hydrogens (tertiary/aromatic N) is 1. The molecule has 3 aromatic carbocycles. The smallest absolute Gasteiger partial charge is 0.255 e. The highest BCUT2D eigenvalue weighted by atomic mass is 32.2. The second-order valence-electron chi connectivity index (χ2n) is 10.5. The minimum Gasteiger partial charge on any atom is -0.507 e. The number of aryl methyl sites for hydroxylation is 1. The summed E-state index contributed by atoms with van der Waals surface area (Å²) >= 11 is 0. The lowest BCUT2D eigenvalue weighted by atomic mass is 9.87. The molecule has 1 unspecified atom stereocenters. The fraction of sp³-hybridized carbons (Fsp3) is 0.387. The lowest BCUT2D eigenvalue weighted by Gasteiger charge is -2.38. The van der Waals surface area contributed by atoms with E-state index in [1.165, 1.54) is 28.9 Å². The van der Waals surface area contributed by atoms with Gasteiger partial charge in [-0.3, -0.25) is 4.79 Å². The predicted octanol–water partition coefficient (Wildman–Crippen LogP) is 4.46. The highest BCUT2D eigenvalue weighted by molar-refractivity contribution is 7.90. The molecular weight excluding hydrogens is 528 g/mol. The van der Waals surface area contributed by atoms with Crippen LogP contribution in [-0.2, 0) is 10.0 Å². The summed E-state index contributed by atoms with van der Waals surface area (Å²) in [5.41, 5.74) is 4.60. The molecule has 0 aliphatic carbocycles. The van der Waals surface area contributed by atoms with Crippen LogP contribution in [0.3, 0.4) is 0 Å². The van der Waals surface area contributed by atoms with Crippen molar-refractivity contribution in [2.24, 2.45) is 0 Å². The van der Waals surface area contributed by atoms with Gasteiger partial charge in [0.05, 0.1) is 18.8 Å². The molecular formula is C31H38N2O6S. The van der Waals surface area contributed by atoms with Gasteiger partial charge >= 0.3 is 0 Å². The third-order valence-electron chi connectivity index (χ3n) is 7.70. The zero-order valence-electron chi connectivity index (χ0n) is 23.3. The average Bonchev–Trinajstić information content (AvgIpc) is 2.96. The van der Waals surface area contributed by atoms with E-state index in [0.29, 0.717) is 32.5 Å². The van der Waals surface area contributed by atoms with E-state index < -0.39 is 27.3 Å². The molecule has 8 nitrogen and oxygen atoms in total. The monoisotopic (exact) mass is 566 g/mol.